The lowest BCUT2D eigenvalue weighted by atomic mass is 9.91. The highest BCUT2D eigenvalue weighted by molar-refractivity contribution is 7.89. The van der Waals surface area contributed by atoms with Gasteiger partial charge in [-0.1, -0.05) is 50.4 Å². The minimum absolute atomic E-state index is 0.0506. The van der Waals surface area contributed by atoms with E-state index < -0.39 is 16.1 Å². The monoisotopic (exact) mass is 506 g/mol. The van der Waals surface area contributed by atoms with Gasteiger partial charge in [-0.2, -0.15) is 0 Å². The molecule has 0 fully saturated rings. The molecule has 0 saturated heterocycles. The summed E-state index contributed by atoms with van der Waals surface area (Å²) in [5.74, 6) is 0.739. The molecule has 6 nitrogen and oxygen atoms in total. The van der Waals surface area contributed by atoms with Gasteiger partial charge in [0.25, 0.3) is 0 Å². The molecule has 34 heavy (non-hydrogen) atoms. The van der Waals surface area contributed by atoms with Gasteiger partial charge in [0.2, 0.25) is 10.0 Å². The number of aryl methyl sites for hydroxylation is 1. The van der Waals surface area contributed by atoms with Crippen molar-refractivity contribution in [2.75, 3.05) is 24.6 Å². The van der Waals surface area contributed by atoms with Crippen molar-refractivity contribution in [3.8, 4) is 5.75 Å². The Bertz CT molecular complexity index is 1110. The van der Waals surface area contributed by atoms with Crippen molar-refractivity contribution in [1.82, 2.24) is 0 Å². The van der Waals surface area contributed by atoms with Gasteiger partial charge in [0.05, 0.1) is 23.3 Å². The second-order valence-corrected chi connectivity index (χ2v) is 10.9. The highest BCUT2D eigenvalue weighted by Gasteiger charge is 2.28. The number of hydrogen-bond donors (Lipinski definition) is 2. The fourth-order valence-electron chi connectivity index (χ4n) is 4.64. The minimum atomic E-state index is -3.86. The Morgan fingerprint density at radius 1 is 1.29 bits per heavy atom. The fourth-order valence-corrected chi connectivity index (χ4v) is 5.37. The molecular formula is C26H35ClN2O4S. The van der Waals surface area contributed by atoms with E-state index in [4.69, 9.17) is 21.5 Å². The fraction of sp³-hybridized carbons (Fsp3) is 0.462. The summed E-state index contributed by atoms with van der Waals surface area (Å²) in [6, 6.07) is 10.7. The molecule has 3 rings (SSSR count). The Hall–Kier alpha value is -2.06. The molecule has 1 heterocycles. The first-order chi connectivity index (χ1) is 16.2. The summed E-state index contributed by atoms with van der Waals surface area (Å²) in [5, 5.41) is 16.5. The molecule has 2 aromatic carbocycles. The second-order valence-electron chi connectivity index (χ2n) is 8.90. The maximum Gasteiger partial charge on any atom is 0.238 e. The SMILES string of the molecule is C=CC(O)C(CC)CCN1CC(c2ccc(Cl)cc2CCC)COc2ccc(S(N)(=O)=O)cc21. The summed E-state index contributed by atoms with van der Waals surface area (Å²) >= 11 is 6.29. The van der Waals surface area contributed by atoms with Crippen molar-refractivity contribution in [3.63, 3.8) is 0 Å². The summed E-state index contributed by atoms with van der Waals surface area (Å²) in [6.45, 7) is 9.64. The van der Waals surface area contributed by atoms with E-state index in [0.717, 1.165) is 25.7 Å². The van der Waals surface area contributed by atoms with Crippen LogP contribution in [-0.4, -0.2) is 39.3 Å². The number of sulfonamides is 1. The maximum atomic E-state index is 12.0. The number of hydrogen-bond acceptors (Lipinski definition) is 5. The summed E-state index contributed by atoms with van der Waals surface area (Å²) in [4.78, 5) is 2.21. The molecule has 3 unspecified atom stereocenters. The Kier molecular flexibility index (Phi) is 9.04. The Balaban J connectivity index is 2.00. The zero-order valence-corrected chi connectivity index (χ0v) is 21.5. The van der Waals surface area contributed by atoms with Crippen molar-refractivity contribution >= 4 is 27.3 Å². The molecule has 186 valence electrons. The number of benzene rings is 2. The summed E-state index contributed by atoms with van der Waals surface area (Å²) in [5.41, 5.74) is 3.09. The van der Waals surface area contributed by atoms with Crippen LogP contribution in [0, 0.1) is 5.92 Å². The van der Waals surface area contributed by atoms with Crippen molar-refractivity contribution in [1.29, 1.82) is 0 Å². The molecule has 1 aliphatic heterocycles. The Morgan fingerprint density at radius 3 is 2.71 bits per heavy atom. The second kappa shape index (κ2) is 11.6. The van der Waals surface area contributed by atoms with Crippen LogP contribution in [0.4, 0.5) is 5.69 Å². The van der Waals surface area contributed by atoms with Crippen LogP contribution in [0.5, 0.6) is 5.75 Å². The molecule has 1 aliphatic rings. The standard InChI is InChI=1S/C26H35ClN2O4S/c1-4-7-19-14-21(27)8-10-23(19)20-16-29(13-12-18(5-2)25(30)6-3)24-15-22(34(28,31)32)9-11-26(24)33-17-20/h6,8-11,14-15,18,20,25,30H,3-5,7,12-13,16-17H2,1-2H3,(H2,28,31,32). The van der Waals surface area contributed by atoms with Gasteiger partial charge in [0.1, 0.15) is 5.75 Å². The number of ether oxygens (including phenoxy) is 1. The molecule has 3 N–H and O–H groups in total. The average Bonchev–Trinajstić information content (AvgIpc) is 2.98. The number of aliphatic hydroxyl groups is 1. The summed E-state index contributed by atoms with van der Waals surface area (Å²) in [7, 11) is -3.86. The smallest absolute Gasteiger partial charge is 0.238 e. The van der Waals surface area contributed by atoms with Gasteiger partial charge in [0.15, 0.2) is 0 Å². The average molecular weight is 507 g/mol. The number of rotatable bonds is 10. The van der Waals surface area contributed by atoms with Crippen LogP contribution in [0.25, 0.3) is 0 Å². The third-order valence-corrected chi connectivity index (χ3v) is 7.71. The van der Waals surface area contributed by atoms with E-state index in [1.54, 1.807) is 18.2 Å². The third-order valence-electron chi connectivity index (χ3n) is 6.56. The van der Waals surface area contributed by atoms with Crippen molar-refractivity contribution < 1.29 is 18.3 Å². The molecule has 0 saturated carbocycles. The van der Waals surface area contributed by atoms with E-state index in [1.165, 1.54) is 17.2 Å². The molecule has 0 aromatic heterocycles. The van der Waals surface area contributed by atoms with E-state index >= 15 is 0 Å². The number of nitrogens with zero attached hydrogens (tertiary/aromatic N) is 1. The number of nitrogens with two attached hydrogens (primary N) is 1. The Morgan fingerprint density at radius 2 is 2.06 bits per heavy atom. The number of fused-ring (bicyclic) bond motifs is 1. The minimum Gasteiger partial charge on any atom is -0.491 e. The van der Waals surface area contributed by atoms with E-state index in [9.17, 15) is 13.5 Å². The first-order valence-corrected chi connectivity index (χ1v) is 13.7. The highest BCUT2D eigenvalue weighted by Crippen LogP contribution is 2.38. The lowest BCUT2D eigenvalue weighted by Crippen LogP contribution is -2.32. The number of aliphatic hydroxyl groups excluding tert-OH is 1. The van der Waals surface area contributed by atoms with Gasteiger partial charge in [-0.15, -0.1) is 6.58 Å². The summed E-state index contributed by atoms with van der Waals surface area (Å²) < 4.78 is 30.3. The first-order valence-electron chi connectivity index (χ1n) is 11.8. The largest absolute Gasteiger partial charge is 0.491 e. The van der Waals surface area contributed by atoms with Crippen LogP contribution < -0.4 is 14.8 Å². The molecule has 3 atom stereocenters. The van der Waals surface area contributed by atoms with Crippen molar-refractivity contribution in [2.45, 2.75) is 56.4 Å². The zero-order valence-electron chi connectivity index (χ0n) is 19.9. The van der Waals surface area contributed by atoms with Gasteiger partial charge in [-0.05, 0) is 60.2 Å². The van der Waals surface area contributed by atoms with E-state index in [0.29, 0.717) is 36.2 Å². The zero-order chi connectivity index (χ0) is 24.9. The van der Waals surface area contributed by atoms with E-state index in [2.05, 4.69) is 24.5 Å². The van der Waals surface area contributed by atoms with Crippen molar-refractivity contribution in [2.24, 2.45) is 11.1 Å². The van der Waals surface area contributed by atoms with Crippen LogP contribution in [-0.2, 0) is 16.4 Å². The predicted octanol–water partition coefficient (Wildman–Crippen LogP) is 4.89. The lowest BCUT2D eigenvalue weighted by Gasteiger charge is -2.30. The van der Waals surface area contributed by atoms with E-state index in [-0.39, 0.29) is 16.7 Å². The van der Waals surface area contributed by atoms with Crippen molar-refractivity contribution in [3.05, 3.63) is 65.2 Å². The van der Waals surface area contributed by atoms with Gasteiger partial charge in [-0.25, -0.2) is 13.6 Å². The first kappa shape index (κ1) is 26.5. The number of primary sulfonamides is 1. The molecule has 0 spiro atoms. The number of anilines is 1. The van der Waals surface area contributed by atoms with Gasteiger partial charge >= 0.3 is 0 Å². The van der Waals surface area contributed by atoms with Gasteiger partial charge in [0, 0.05) is 24.0 Å². The van der Waals surface area contributed by atoms with Crippen LogP contribution in [0.1, 0.15) is 50.2 Å². The van der Waals surface area contributed by atoms with Gasteiger partial charge < -0.3 is 14.7 Å². The van der Waals surface area contributed by atoms with Gasteiger partial charge in [-0.3, -0.25) is 0 Å². The molecule has 0 amide bonds. The van der Waals surface area contributed by atoms with Crippen LogP contribution in [0.15, 0.2) is 53.9 Å². The normalized spacial score (nSPS) is 17.9. The quantitative estimate of drug-likeness (QED) is 0.448. The lowest BCUT2D eigenvalue weighted by molar-refractivity contribution is 0.145. The van der Waals surface area contributed by atoms with Crippen LogP contribution in [0.2, 0.25) is 5.02 Å². The number of halogens is 1. The molecule has 8 heteroatoms. The molecule has 0 bridgehead atoms. The third kappa shape index (κ3) is 6.33. The highest BCUT2D eigenvalue weighted by atomic mass is 35.5. The molecule has 0 aliphatic carbocycles. The maximum absolute atomic E-state index is 12.0. The molecule has 2 aromatic rings. The topological polar surface area (TPSA) is 92.9 Å². The molecule has 0 radical (unpaired) electrons. The molecular weight excluding hydrogens is 472 g/mol. The van der Waals surface area contributed by atoms with Crippen LogP contribution in [0.3, 0.4) is 0 Å². The summed E-state index contributed by atoms with van der Waals surface area (Å²) in [6.07, 6.45) is 4.42. The van der Waals surface area contributed by atoms with E-state index in [1.807, 2.05) is 19.1 Å². The Labute approximate surface area is 208 Å². The van der Waals surface area contributed by atoms with Crippen LogP contribution >= 0.6 is 11.6 Å². The predicted molar refractivity (Wildman–Crippen MR) is 138 cm³/mol.